The van der Waals surface area contributed by atoms with Gasteiger partial charge in [0.2, 0.25) is 0 Å². The van der Waals surface area contributed by atoms with Crippen molar-refractivity contribution in [3.8, 4) is 0 Å². The second kappa shape index (κ2) is 11.2. The zero-order valence-corrected chi connectivity index (χ0v) is 18.2. The fourth-order valence-electron chi connectivity index (χ4n) is 3.34. The summed E-state index contributed by atoms with van der Waals surface area (Å²) in [5.41, 5.74) is -0.00107. The molecule has 0 heterocycles. The third kappa shape index (κ3) is 6.87. The molecule has 0 atom stereocenters. The maximum Gasteiger partial charge on any atom is 0.433 e. The molecule has 0 aromatic heterocycles. The first-order valence-electron chi connectivity index (χ1n) is 10.5. The molecule has 0 amide bonds. The van der Waals surface area contributed by atoms with E-state index in [1.165, 1.54) is 17.0 Å². The molecule has 172 valence electrons. The number of carbonyl (C=O) groups excluding carboxylic acids is 1. The Morgan fingerprint density at radius 3 is 1.70 bits per heavy atom. The first kappa shape index (κ1) is 23.9. The number of rotatable bonds is 9. The van der Waals surface area contributed by atoms with E-state index in [4.69, 9.17) is 4.74 Å². The Bertz CT molecular complexity index is 1010. The number of nitrogens with zero attached hydrogens (tertiary/aromatic N) is 1. The molecule has 0 saturated carbocycles. The minimum atomic E-state index is -4.83. The van der Waals surface area contributed by atoms with Crippen LogP contribution in [-0.4, -0.2) is 23.7 Å². The molecule has 0 unspecified atom stereocenters. The fraction of sp³-hybridized carbons (Fsp3) is 0.192. The van der Waals surface area contributed by atoms with Gasteiger partial charge < -0.3 is 15.0 Å². The summed E-state index contributed by atoms with van der Waals surface area (Å²) in [7, 11) is 0. The number of alkyl halides is 3. The molecular formula is C26H25F3N2O2. The highest BCUT2D eigenvalue weighted by atomic mass is 19.4. The van der Waals surface area contributed by atoms with E-state index in [1.54, 1.807) is 73.7 Å². The summed E-state index contributed by atoms with van der Waals surface area (Å²) >= 11 is 0. The molecule has 0 saturated heterocycles. The van der Waals surface area contributed by atoms with Gasteiger partial charge in [-0.05, 0) is 30.2 Å². The molecule has 4 nitrogen and oxygen atoms in total. The SMILES string of the molecule is CCOC(=O)/C(=C(/Nc1ccccc1)C(F)(F)F)N(Cc1ccccc1)Cc1ccccc1. The van der Waals surface area contributed by atoms with Crippen molar-refractivity contribution in [3.05, 3.63) is 114 Å². The van der Waals surface area contributed by atoms with Gasteiger partial charge in [-0.15, -0.1) is 0 Å². The second-order valence-corrected chi connectivity index (χ2v) is 7.26. The highest BCUT2D eigenvalue weighted by molar-refractivity contribution is 5.89. The molecule has 3 aromatic rings. The summed E-state index contributed by atoms with van der Waals surface area (Å²) in [5.74, 6) is -1.04. The number of hydrogen-bond donors (Lipinski definition) is 1. The van der Waals surface area contributed by atoms with Crippen LogP contribution in [0.2, 0.25) is 0 Å². The largest absolute Gasteiger partial charge is 0.461 e. The van der Waals surface area contributed by atoms with Crippen molar-refractivity contribution in [2.45, 2.75) is 26.2 Å². The van der Waals surface area contributed by atoms with Crippen molar-refractivity contribution in [3.63, 3.8) is 0 Å². The lowest BCUT2D eigenvalue weighted by Gasteiger charge is -2.30. The molecule has 3 aromatic carbocycles. The van der Waals surface area contributed by atoms with E-state index in [9.17, 15) is 18.0 Å². The molecule has 0 fully saturated rings. The highest BCUT2D eigenvalue weighted by Crippen LogP contribution is 2.33. The normalized spacial score (nSPS) is 12.0. The molecule has 0 aliphatic carbocycles. The maximum atomic E-state index is 14.3. The van der Waals surface area contributed by atoms with Gasteiger partial charge in [-0.1, -0.05) is 78.9 Å². The van der Waals surface area contributed by atoms with Gasteiger partial charge in [0.05, 0.1) is 6.61 Å². The van der Waals surface area contributed by atoms with Gasteiger partial charge in [-0.2, -0.15) is 13.2 Å². The van der Waals surface area contributed by atoms with Crippen LogP contribution in [0, 0.1) is 0 Å². The number of benzene rings is 3. The lowest BCUT2D eigenvalue weighted by molar-refractivity contribution is -0.142. The van der Waals surface area contributed by atoms with Crippen molar-refractivity contribution < 1.29 is 22.7 Å². The Morgan fingerprint density at radius 2 is 1.27 bits per heavy atom. The average Bonchev–Trinajstić information content (AvgIpc) is 2.80. The van der Waals surface area contributed by atoms with Gasteiger partial charge >= 0.3 is 12.1 Å². The quantitative estimate of drug-likeness (QED) is 0.312. The predicted octanol–water partition coefficient (Wildman–Crippen LogP) is 6.14. The second-order valence-electron chi connectivity index (χ2n) is 7.26. The van der Waals surface area contributed by atoms with Crippen molar-refractivity contribution in [1.29, 1.82) is 0 Å². The zero-order chi connectivity index (χ0) is 23.7. The van der Waals surface area contributed by atoms with Crippen LogP contribution in [-0.2, 0) is 22.6 Å². The molecule has 0 bridgehead atoms. The van der Waals surface area contributed by atoms with Crippen LogP contribution in [0.1, 0.15) is 18.1 Å². The van der Waals surface area contributed by atoms with Crippen LogP contribution in [0.5, 0.6) is 0 Å². The average molecular weight is 454 g/mol. The molecular weight excluding hydrogens is 429 g/mol. The predicted molar refractivity (Wildman–Crippen MR) is 122 cm³/mol. The monoisotopic (exact) mass is 454 g/mol. The van der Waals surface area contributed by atoms with E-state index in [2.05, 4.69) is 5.32 Å². The van der Waals surface area contributed by atoms with Gasteiger partial charge in [0.25, 0.3) is 0 Å². The summed E-state index contributed by atoms with van der Waals surface area (Å²) in [6.07, 6.45) is -4.83. The van der Waals surface area contributed by atoms with Crippen LogP contribution in [0.25, 0.3) is 0 Å². The van der Waals surface area contributed by atoms with Crippen molar-refractivity contribution in [2.24, 2.45) is 0 Å². The number of allylic oxidation sites excluding steroid dienone is 1. The van der Waals surface area contributed by atoms with E-state index in [0.29, 0.717) is 0 Å². The van der Waals surface area contributed by atoms with Crippen LogP contribution in [0.3, 0.4) is 0 Å². The van der Waals surface area contributed by atoms with Crippen LogP contribution < -0.4 is 5.32 Å². The maximum absolute atomic E-state index is 14.3. The molecule has 7 heteroatoms. The first-order valence-corrected chi connectivity index (χ1v) is 10.5. The van der Waals surface area contributed by atoms with Crippen molar-refractivity contribution >= 4 is 11.7 Å². The number of hydrogen-bond acceptors (Lipinski definition) is 4. The Hall–Kier alpha value is -3.74. The number of para-hydroxylation sites is 1. The summed E-state index contributed by atoms with van der Waals surface area (Å²) in [6.45, 7) is 1.68. The number of anilines is 1. The number of esters is 1. The first-order chi connectivity index (χ1) is 15.9. The summed E-state index contributed by atoms with van der Waals surface area (Å²) in [4.78, 5) is 14.4. The van der Waals surface area contributed by atoms with Gasteiger partial charge in [-0.3, -0.25) is 0 Å². The summed E-state index contributed by atoms with van der Waals surface area (Å²) < 4.78 is 48.1. The fourth-order valence-corrected chi connectivity index (χ4v) is 3.34. The molecule has 33 heavy (non-hydrogen) atoms. The third-order valence-corrected chi connectivity index (χ3v) is 4.78. The van der Waals surface area contributed by atoms with E-state index >= 15 is 0 Å². The molecule has 0 aliphatic heterocycles. The van der Waals surface area contributed by atoms with E-state index in [-0.39, 0.29) is 25.4 Å². The van der Waals surface area contributed by atoms with Gasteiger partial charge in [0, 0.05) is 18.8 Å². The van der Waals surface area contributed by atoms with E-state index in [0.717, 1.165) is 11.1 Å². The van der Waals surface area contributed by atoms with E-state index in [1.807, 2.05) is 12.1 Å². The molecule has 3 rings (SSSR count). The van der Waals surface area contributed by atoms with Gasteiger partial charge in [0.1, 0.15) is 0 Å². The van der Waals surface area contributed by atoms with Crippen LogP contribution >= 0.6 is 0 Å². The number of nitrogens with one attached hydrogen (secondary N) is 1. The van der Waals surface area contributed by atoms with Crippen molar-refractivity contribution in [1.82, 2.24) is 4.90 Å². The van der Waals surface area contributed by atoms with Gasteiger partial charge in [0.15, 0.2) is 11.4 Å². The Balaban J connectivity index is 2.16. The van der Waals surface area contributed by atoms with Crippen LogP contribution in [0.15, 0.2) is 102 Å². The standard InChI is InChI=1S/C26H25F3N2O2/c1-2-33-25(32)23(24(26(27,28)29)30-22-16-10-5-11-17-22)31(18-20-12-6-3-7-13-20)19-21-14-8-4-9-15-21/h3-17,30H,2,18-19H2,1H3/b24-23-. The molecule has 0 aliphatic rings. The lowest BCUT2D eigenvalue weighted by Crippen LogP contribution is -2.35. The summed E-state index contributed by atoms with van der Waals surface area (Å²) in [5, 5.41) is 2.42. The van der Waals surface area contributed by atoms with Crippen LogP contribution in [0.4, 0.5) is 18.9 Å². The number of halogens is 3. The molecule has 1 N–H and O–H groups in total. The smallest absolute Gasteiger partial charge is 0.433 e. The van der Waals surface area contributed by atoms with Crippen molar-refractivity contribution in [2.75, 3.05) is 11.9 Å². The lowest BCUT2D eigenvalue weighted by atomic mass is 10.1. The Labute approximate surface area is 191 Å². The van der Waals surface area contributed by atoms with Gasteiger partial charge in [-0.25, -0.2) is 4.79 Å². The number of carbonyl (C=O) groups is 1. The number of ether oxygens (including phenoxy) is 1. The summed E-state index contributed by atoms with van der Waals surface area (Å²) in [6, 6.07) is 26.0. The molecule has 0 radical (unpaired) electrons. The van der Waals surface area contributed by atoms with E-state index < -0.39 is 23.5 Å². The Kier molecular flexibility index (Phi) is 8.13. The molecule has 0 spiro atoms. The minimum absolute atomic E-state index is 0.0523. The third-order valence-electron chi connectivity index (χ3n) is 4.78. The zero-order valence-electron chi connectivity index (χ0n) is 18.2. The Morgan fingerprint density at radius 1 is 0.818 bits per heavy atom. The highest BCUT2D eigenvalue weighted by Gasteiger charge is 2.41. The topological polar surface area (TPSA) is 41.6 Å². The minimum Gasteiger partial charge on any atom is -0.461 e.